The number of rotatable bonds is 4. The van der Waals surface area contributed by atoms with Crippen LogP contribution in [-0.4, -0.2) is 83.2 Å². The van der Waals surface area contributed by atoms with Gasteiger partial charge in [-0.1, -0.05) is 0 Å². The minimum Gasteiger partial charge on any atom is -0.469 e. The second-order valence-electron chi connectivity index (χ2n) is 10.9. The Hall–Kier alpha value is -2.03. The number of methoxy groups -OCH3 is 1. The van der Waals surface area contributed by atoms with Crippen LogP contribution in [0.2, 0.25) is 0 Å². The van der Waals surface area contributed by atoms with Gasteiger partial charge in [-0.15, -0.1) is 0 Å². The van der Waals surface area contributed by atoms with Gasteiger partial charge in [0.1, 0.15) is 11.2 Å². The van der Waals surface area contributed by atoms with Gasteiger partial charge < -0.3 is 29.1 Å². The first kappa shape index (κ1) is 30.0. The van der Waals surface area contributed by atoms with Gasteiger partial charge in [-0.05, 0) is 86.5 Å². The molecule has 0 saturated carbocycles. The molecule has 0 aromatic heterocycles. The lowest BCUT2D eigenvalue weighted by Gasteiger charge is -2.36. The zero-order valence-corrected chi connectivity index (χ0v) is 22.2. The smallest absolute Gasteiger partial charge is 0.410 e. The molecule has 34 heavy (non-hydrogen) atoms. The van der Waals surface area contributed by atoms with Gasteiger partial charge in [0, 0.05) is 31.8 Å². The summed E-state index contributed by atoms with van der Waals surface area (Å²) in [6.45, 7) is 12.7. The highest BCUT2D eigenvalue weighted by molar-refractivity contribution is 5.73. The highest BCUT2D eigenvalue weighted by Gasteiger charge is 2.32. The molecule has 0 radical (unpaired) electrons. The molecule has 0 spiro atoms. The number of piperidine rings is 2. The number of esters is 1. The van der Waals surface area contributed by atoms with Crippen LogP contribution in [0.15, 0.2) is 0 Å². The normalized spacial score (nSPS) is 21.2. The number of carbonyl (C=O) groups is 3. The minimum atomic E-state index is -0.510. The number of hydrogen-bond donors (Lipinski definition) is 1. The van der Waals surface area contributed by atoms with E-state index in [-0.39, 0.29) is 43.3 Å². The average Bonchev–Trinajstić information content (AvgIpc) is 2.72. The average molecular weight is 487 g/mol. The predicted molar refractivity (Wildman–Crippen MR) is 129 cm³/mol. The minimum absolute atomic E-state index is 0.0963. The fraction of sp³-hybridized carbons (Fsp3) is 0.880. The first-order chi connectivity index (χ1) is 15.8. The molecular weight excluding hydrogens is 440 g/mol. The number of carbonyl (C=O) groups excluding carboxylic acids is 3. The van der Waals surface area contributed by atoms with E-state index in [4.69, 9.17) is 14.6 Å². The van der Waals surface area contributed by atoms with Crippen molar-refractivity contribution in [2.24, 2.45) is 0 Å². The molecule has 0 aromatic carbocycles. The molecule has 9 heteroatoms. The van der Waals surface area contributed by atoms with Crippen molar-refractivity contribution in [2.75, 3.05) is 26.8 Å². The van der Waals surface area contributed by atoms with E-state index < -0.39 is 11.2 Å². The number of nitrogens with zero attached hydrogens (tertiary/aromatic N) is 2. The number of ether oxygens (including phenoxy) is 3. The summed E-state index contributed by atoms with van der Waals surface area (Å²) in [5.74, 6) is -0.282. The Balaban J connectivity index is 0.000000342. The zero-order chi connectivity index (χ0) is 25.9. The van der Waals surface area contributed by atoms with Gasteiger partial charge in [0.05, 0.1) is 13.5 Å². The van der Waals surface area contributed by atoms with Crippen LogP contribution in [0.4, 0.5) is 9.59 Å². The van der Waals surface area contributed by atoms with E-state index in [2.05, 4.69) is 4.74 Å². The van der Waals surface area contributed by atoms with Crippen molar-refractivity contribution in [1.82, 2.24) is 9.80 Å². The Labute approximate surface area is 205 Å². The fourth-order valence-electron chi connectivity index (χ4n) is 4.06. The van der Waals surface area contributed by atoms with Crippen LogP contribution in [0.25, 0.3) is 0 Å². The van der Waals surface area contributed by atoms with Crippen molar-refractivity contribution in [1.29, 1.82) is 0 Å². The van der Waals surface area contributed by atoms with Crippen LogP contribution in [0.1, 0.15) is 92.9 Å². The lowest BCUT2D eigenvalue weighted by Crippen LogP contribution is -2.47. The molecule has 0 bridgehead atoms. The van der Waals surface area contributed by atoms with Crippen LogP contribution in [0, 0.1) is 0 Å². The highest BCUT2D eigenvalue weighted by atomic mass is 16.6. The van der Waals surface area contributed by atoms with E-state index >= 15 is 0 Å². The first-order valence-corrected chi connectivity index (χ1v) is 12.4. The maximum Gasteiger partial charge on any atom is 0.410 e. The summed E-state index contributed by atoms with van der Waals surface area (Å²) >= 11 is 0. The van der Waals surface area contributed by atoms with E-state index in [0.29, 0.717) is 13.0 Å². The summed E-state index contributed by atoms with van der Waals surface area (Å²) in [6, 6.07) is 0.0506. The van der Waals surface area contributed by atoms with Crippen LogP contribution >= 0.6 is 0 Å². The van der Waals surface area contributed by atoms with Gasteiger partial charge in [-0.3, -0.25) is 4.79 Å². The first-order valence-electron chi connectivity index (χ1n) is 12.4. The lowest BCUT2D eigenvalue weighted by atomic mass is 10.00. The number of amides is 2. The third-order valence-corrected chi connectivity index (χ3v) is 5.60. The van der Waals surface area contributed by atoms with Crippen molar-refractivity contribution in [3.05, 3.63) is 0 Å². The van der Waals surface area contributed by atoms with Crippen molar-refractivity contribution >= 4 is 18.2 Å². The van der Waals surface area contributed by atoms with Crippen molar-refractivity contribution in [3.8, 4) is 0 Å². The third-order valence-electron chi connectivity index (χ3n) is 5.60. The molecule has 2 saturated heterocycles. The Morgan fingerprint density at radius 2 is 1.24 bits per heavy atom. The van der Waals surface area contributed by atoms with Gasteiger partial charge in [0.2, 0.25) is 0 Å². The number of hydrogen-bond acceptors (Lipinski definition) is 7. The van der Waals surface area contributed by atoms with Gasteiger partial charge >= 0.3 is 18.2 Å². The Kier molecular flexibility index (Phi) is 12.1. The predicted octanol–water partition coefficient (Wildman–Crippen LogP) is 4.50. The van der Waals surface area contributed by atoms with Crippen LogP contribution in [-0.2, 0) is 19.0 Å². The zero-order valence-electron chi connectivity index (χ0n) is 22.2. The SMILES string of the molecule is CC(C)(C)OC(=O)N1CCCC[C@H]1CCO.COC(=O)C[C@@H]1CCCCN1C(=O)OC(C)(C)C. The monoisotopic (exact) mass is 486 g/mol. The second kappa shape index (κ2) is 13.8. The Bertz CT molecular complexity index is 653. The molecule has 198 valence electrons. The van der Waals surface area contributed by atoms with E-state index in [9.17, 15) is 14.4 Å². The molecule has 2 heterocycles. The number of likely N-dealkylation sites (tertiary alicyclic amines) is 2. The molecule has 2 atom stereocenters. The van der Waals surface area contributed by atoms with E-state index in [1.54, 1.807) is 9.80 Å². The van der Waals surface area contributed by atoms with E-state index in [1.165, 1.54) is 7.11 Å². The van der Waals surface area contributed by atoms with Gasteiger partial charge in [0.25, 0.3) is 0 Å². The second-order valence-corrected chi connectivity index (χ2v) is 10.9. The van der Waals surface area contributed by atoms with Crippen LogP contribution in [0.5, 0.6) is 0 Å². The summed E-state index contributed by atoms with van der Waals surface area (Å²) in [6.07, 6.45) is 6.26. The molecule has 0 aliphatic carbocycles. The summed E-state index contributed by atoms with van der Waals surface area (Å²) in [5.41, 5.74) is -0.956. The van der Waals surface area contributed by atoms with Crippen molar-refractivity contribution in [3.63, 3.8) is 0 Å². The summed E-state index contributed by atoms with van der Waals surface area (Å²) in [4.78, 5) is 38.7. The van der Waals surface area contributed by atoms with Gasteiger partial charge in [0.15, 0.2) is 0 Å². The maximum absolute atomic E-state index is 12.0. The molecule has 2 amide bonds. The summed E-state index contributed by atoms with van der Waals surface area (Å²) in [7, 11) is 1.36. The molecule has 9 nitrogen and oxygen atoms in total. The molecule has 2 aliphatic heterocycles. The largest absolute Gasteiger partial charge is 0.469 e. The highest BCUT2D eigenvalue weighted by Crippen LogP contribution is 2.23. The molecule has 2 fully saturated rings. The summed E-state index contributed by atoms with van der Waals surface area (Å²) in [5, 5.41) is 8.97. The Morgan fingerprint density at radius 3 is 1.65 bits per heavy atom. The van der Waals surface area contributed by atoms with E-state index in [0.717, 1.165) is 45.1 Å². The molecular formula is C25H46N2O7. The Morgan fingerprint density at radius 1 is 0.794 bits per heavy atom. The van der Waals surface area contributed by atoms with Crippen LogP contribution < -0.4 is 0 Å². The van der Waals surface area contributed by atoms with Gasteiger partial charge in [-0.2, -0.15) is 0 Å². The van der Waals surface area contributed by atoms with Crippen molar-refractivity contribution < 1.29 is 33.7 Å². The molecule has 1 N–H and O–H groups in total. The quantitative estimate of drug-likeness (QED) is 0.461. The van der Waals surface area contributed by atoms with E-state index in [1.807, 2.05) is 41.5 Å². The maximum atomic E-state index is 12.0. The molecule has 0 unspecified atom stereocenters. The van der Waals surface area contributed by atoms with Gasteiger partial charge in [-0.25, -0.2) is 9.59 Å². The standard InChI is InChI=1S/C13H23NO4.C12H23NO3/c1-13(2,3)18-12(16)14-8-6-5-7-10(14)9-11(15)17-4;1-12(2,3)16-11(15)13-8-5-4-6-10(13)7-9-14/h10H,5-9H2,1-4H3;10,14H,4-9H2,1-3H3/t2*10-/m00/s1. The number of aliphatic hydroxyl groups excluding tert-OH is 1. The topological polar surface area (TPSA) is 106 Å². The third kappa shape index (κ3) is 11.4. The number of aliphatic hydroxyl groups is 1. The lowest BCUT2D eigenvalue weighted by molar-refractivity contribution is -0.142. The molecule has 2 rings (SSSR count). The molecule has 0 aromatic rings. The summed E-state index contributed by atoms with van der Waals surface area (Å²) < 4.78 is 15.4. The fourth-order valence-corrected chi connectivity index (χ4v) is 4.06. The van der Waals surface area contributed by atoms with Crippen LogP contribution in [0.3, 0.4) is 0 Å². The molecule has 2 aliphatic rings. The van der Waals surface area contributed by atoms with Crippen molar-refractivity contribution in [2.45, 2.75) is 116 Å².